The fourth-order valence-electron chi connectivity index (χ4n) is 2.89. The molecule has 1 fully saturated rings. The molecule has 0 radical (unpaired) electrons. The van der Waals surface area contributed by atoms with Gasteiger partial charge in [0.15, 0.2) is 0 Å². The number of nitrogens with zero attached hydrogens (tertiary/aromatic N) is 3. The largest absolute Gasteiger partial charge is 0.341 e. The SMILES string of the molecule is CC(=O)N1CCCN(C(=O)c2sc(-c3ccc(F)cc3)nc2C)CC1. The number of halogens is 1. The van der Waals surface area contributed by atoms with E-state index in [0.717, 1.165) is 12.0 Å². The number of aryl methyl sites for hydroxylation is 1. The lowest BCUT2D eigenvalue weighted by Gasteiger charge is -2.21. The van der Waals surface area contributed by atoms with Gasteiger partial charge in [-0.15, -0.1) is 11.3 Å². The fourth-order valence-corrected chi connectivity index (χ4v) is 3.93. The van der Waals surface area contributed by atoms with Crippen LogP contribution in [0.15, 0.2) is 24.3 Å². The third-order valence-corrected chi connectivity index (χ3v) is 5.50. The van der Waals surface area contributed by atoms with Crippen LogP contribution in [0.3, 0.4) is 0 Å². The highest BCUT2D eigenvalue weighted by Gasteiger charge is 2.25. The average Bonchev–Trinajstić information content (AvgIpc) is 2.82. The van der Waals surface area contributed by atoms with Crippen LogP contribution in [0.2, 0.25) is 0 Å². The lowest BCUT2D eigenvalue weighted by molar-refractivity contribution is -0.128. The van der Waals surface area contributed by atoms with Gasteiger partial charge in [-0.3, -0.25) is 9.59 Å². The molecule has 5 nitrogen and oxygen atoms in total. The van der Waals surface area contributed by atoms with E-state index in [2.05, 4.69) is 4.98 Å². The maximum atomic E-state index is 13.1. The lowest BCUT2D eigenvalue weighted by atomic mass is 10.2. The van der Waals surface area contributed by atoms with Crippen molar-refractivity contribution in [2.24, 2.45) is 0 Å². The number of hydrogen-bond acceptors (Lipinski definition) is 4. The molecule has 1 saturated heterocycles. The van der Waals surface area contributed by atoms with Gasteiger partial charge in [0, 0.05) is 38.7 Å². The third kappa shape index (κ3) is 3.87. The van der Waals surface area contributed by atoms with Crippen molar-refractivity contribution in [1.82, 2.24) is 14.8 Å². The Morgan fingerprint density at radius 1 is 1.08 bits per heavy atom. The topological polar surface area (TPSA) is 53.5 Å². The Bertz CT molecular complexity index is 788. The number of thiazole rings is 1. The standard InChI is InChI=1S/C18H20FN3O2S/c1-12-16(25-17(20-12)14-4-6-15(19)7-5-14)18(24)22-9-3-8-21(10-11-22)13(2)23/h4-7H,3,8-11H2,1-2H3. The van der Waals surface area contributed by atoms with E-state index in [4.69, 9.17) is 0 Å². The summed E-state index contributed by atoms with van der Waals surface area (Å²) in [5.41, 5.74) is 1.48. The minimum Gasteiger partial charge on any atom is -0.341 e. The van der Waals surface area contributed by atoms with E-state index in [-0.39, 0.29) is 17.6 Å². The van der Waals surface area contributed by atoms with Gasteiger partial charge in [0.1, 0.15) is 15.7 Å². The van der Waals surface area contributed by atoms with Crippen LogP contribution in [0.1, 0.15) is 28.7 Å². The van der Waals surface area contributed by atoms with Crippen LogP contribution in [-0.4, -0.2) is 52.8 Å². The van der Waals surface area contributed by atoms with Crippen LogP contribution >= 0.6 is 11.3 Å². The van der Waals surface area contributed by atoms with Crippen molar-refractivity contribution in [2.45, 2.75) is 20.3 Å². The maximum Gasteiger partial charge on any atom is 0.265 e. The summed E-state index contributed by atoms with van der Waals surface area (Å²) in [6, 6.07) is 6.11. The summed E-state index contributed by atoms with van der Waals surface area (Å²) in [5, 5.41) is 0.709. The minimum absolute atomic E-state index is 0.0434. The molecule has 7 heteroatoms. The molecule has 132 valence electrons. The molecule has 0 aliphatic carbocycles. The molecule has 0 saturated carbocycles. The van der Waals surface area contributed by atoms with Crippen LogP contribution in [0.5, 0.6) is 0 Å². The van der Waals surface area contributed by atoms with Crippen LogP contribution in [0, 0.1) is 12.7 Å². The molecule has 0 N–H and O–H groups in total. The monoisotopic (exact) mass is 361 g/mol. The molecule has 1 aliphatic heterocycles. The van der Waals surface area contributed by atoms with Gasteiger partial charge in [-0.1, -0.05) is 0 Å². The number of rotatable bonds is 2. The lowest BCUT2D eigenvalue weighted by Crippen LogP contribution is -2.36. The van der Waals surface area contributed by atoms with E-state index in [0.29, 0.717) is 41.8 Å². The van der Waals surface area contributed by atoms with Crippen LogP contribution < -0.4 is 0 Å². The Morgan fingerprint density at radius 2 is 1.72 bits per heavy atom. The summed E-state index contributed by atoms with van der Waals surface area (Å²) in [4.78, 5) is 33.1. The number of hydrogen-bond donors (Lipinski definition) is 0. The number of benzene rings is 1. The van der Waals surface area contributed by atoms with Gasteiger partial charge in [-0.05, 0) is 37.6 Å². The first-order valence-electron chi connectivity index (χ1n) is 8.24. The van der Waals surface area contributed by atoms with E-state index in [1.165, 1.54) is 23.5 Å². The van der Waals surface area contributed by atoms with Crippen LogP contribution in [-0.2, 0) is 4.79 Å². The molecular weight excluding hydrogens is 341 g/mol. The molecule has 0 atom stereocenters. The molecular formula is C18H20FN3O2S. The zero-order valence-electron chi connectivity index (χ0n) is 14.3. The van der Waals surface area contributed by atoms with Gasteiger partial charge in [0.25, 0.3) is 5.91 Å². The van der Waals surface area contributed by atoms with Gasteiger partial charge < -0.3 is 9.80 Å². The Labute approximate surface area is 150 Å². The molecule has 2 amide bonds. The van der Waals surface area contributed by atoms with E-state index < -0.39 is 0 Å². The Balaban J connectivity index is 1.78. The predicted molar refractivity (Wildman–Crippen MR) is 95.0 cm³/mol. The maximum absolute atomic E-state index is 13.1. The smallest absolute Gasteiger partial charge is 0.265 e. The number of carbonyl (C=O) groups is 2. The Kier molecular flexibility index (Phi) is 5.13. The molecule has 1 aromatic carbocycles. The number of amides is 2. The summed E-state index contributed by atoms with van der Waals surface area (Å²) in [6.07, 6.45) is 0.772. The van der Waals surface area contributed by atoms with E-state index in [1.54, 1.807) is 28.9 Å². The Morgan fingerprint density at radius 3 is 2.40 bits per heavy atom. The summed E-state index contributed by atoms with van der Waals surface area (Å²) >= 11 is 1.33. The number of aromatic nitrogens is 1. The average molecular weight is 361 g/mol. The van der Waals surface area contributed by atoms with Gasteiger partial charge in [-0.2, -0.15) is 0 Å². The third-order valence-electron chi connectivity index (χ3n) is 4.31. The van der Waals surface area contributed by atoms with Crippen molar-refractivity contribution in [3.63, 3.8) is 0 Å². The zero-order valence-corrected chi connectivity index (χ0v) is 15.1. The van der Waals surface area contributed by atoms with Gasteiger partial charge in [0.2, 0.25) is 5.91 Å². The van der Waals surface area contributed by atoms with Gasteiger partial charge in [0.05, 0.1) is 5.69 Å². The summed E-state index contributed by atoms with van der Waals surface area (Å²) in [6.45, 7) is 5.77. The first-order valence-corrected chi connectivity index (χ1v) is 9.05. The van der Waals surface area contributed by atoms with E-state index in [9.17, 15) is 14.0 Å². The summed E-state index contributed by atoms with van der Waals surface area (Å²) < 4.78 is 13.1. The molecule has 0 unspecified atom stereocenters. The minimum atomic E-state index is -0.298. The molecule has 0 spiro atoms. The molecule has 1 aliphatic rings. The fraction of sp³-hybridized carbons (Fsp3) is 0.389. The van der Waals surface area contributed by atoms with E-state index >= 15 is 0 Å². The molecule has 2 heterocycles. The van der Waals surface area contributed by atoms with Crippen molar-refractivity contribution >= 4 is 23.2 Å². The second-order valence-electron chi connectivity index (χ2n) is 6.09. The van der Waals surface area contributed by atoms with Crippen LogP contribution in [0.4, 0.5) is 4.39 Å². The van der Waals surface area contributed by atoms with Crippen molar-refractivity contribution in [2.75, 3.05) is 26.2 Å². The molecule has 3 rings (SSSR count). The molecule has 25 heavy (non-hydrogen) atoms. The molecule has 1 aromatic heterocycles. The molecule has 0 bridgehead atoms. The predicted octanol–water partition coefficient (Wildman–Crippen LogP) is 2.95. The van der Waals surface area contributed by atoms with E-state index in [1.807, 2.05) is 6.92 Å². The highest BCUT2D eigenvalue weighted by Crippen LogP contribution is 2.29. The first kappa shape index (κ1) is 17.5. The Hall–Kier alpha value is -2.28. The van der Waals surface area contributed by atoms with Crippen molar-refractivity contribution in [3.8, 4) is 10.6 Å². The van der Waals surface area contributed by atoms with Gasteiger partial charge >= 0.3 is 0 Å². The second-order valence-corrected chi connectivity index (χ2v) is 7.09. The summed E-state index contributed by atoms with van der Waals surface area (Å²) in [5.74, 6) is -0.302. The second kappa shape index (κ2) is 7.31. The highest BCUT2D eigenvalue weighted by molar-refractivity contribution is 7.17. The number of carbonyl (C=O) groups excluding carboxylic acids is 2. The van der Waals surface area contributed by atoms with Gasteiger partial charge in [-0.25, -0.2) is 9.37 Å². The zero-order chi connectivity index (χ0) is 18.0. The molecule has 2 aromatic rings. The quantitative estimate of drug-likeness (QED) is 0.826. The van der Waals surface area contributed by atoms with Crippen molar-refractivity contribution < 1.29 is 14.0 Å². The van der Waals surface area contributed by atoms with Crippen molar-refractivity contribution in [3.05, 3.63) is 40.7 Å². The highest BCUT2D eigenvalue weighted by atomic mass is 32.1. The summed E-state index contributed by atoms with van der Waals surface area (Å²) in [7, 11) is 0. The normalized spacial score (nSPS) is 15.2. The van der Waals surface area contributed by atoms with Crippen molar-refractivity contribution in [1.29, 1.82) is 0 Å². The van der Waals surface area contributed by atoms with Crippen LogP contribution in [0.25, 0.3) is 10.6 Å². The first-order chi connectivity index (χ1) is 12.0.